The molecule has 7 nitrogen and oxygen atoms in total. The maximum Gasteiger partial charge on any atom is 0.300 e. The fourth-order valence-corrected chi connectivity index (χ4v) is 3.08. The summed E-state index contributed by atoms with van der Waals surface area (Å²) in [5.41, 5.74) is 6.58. The van der Waals surface area contributed by atoms with E-state index in [0.717, 1.165) is 30.2 Å². The third-order valence-corrected chi connectivity index (χ3v) is 4.53. The summed E-state index contributed by atoms with van der Waals surface area (Å²) in [6, 6.07) is 13.6. The van der Waals surface area contributed by atoms with E-state index in [1.807, 2.05) is 31.2 Å². The predicted octanol–water partition coefficient (Wildman–Crippen LogP) is 3.38. The lowest BCUT2D eigenvalue weighted by atomic mass is 10.0. The highest BCUT2D eigenvalue weighted by molar-refractivity contribution is 5.63. The molecule has 0 fully saturated rings. The Morgan fingerprint density at radius 1 is 1.14 bits per heavy atom. The molecule has 0 spiro atoms. The molecule has 2 N–H and O–H groups in total. The lowest BCUT2D eigenvalue weighted by Crippen LogP contribution is -2.14. The number of nitrogens with zero attached hydrogens (tertiary/aromatic N) is 3. The van der Waals surface area contributed by atoms with Crippen molar-refractivity contribution in [1.82, 2.24) is 19.6 Å². The van der Waals surface area contributed by atoms with E-state index in [4.69, 9.17) is 14.9 Å². The van der Waals surface area contributed by atoms with Crippen molar-refractivity contribution in [2.45, 2.75) is 27.2 Å². The van der Waals surface area contributed by atoms with Gasteiger partial charge in [-0.3, -0.25) is 19.7 Å². The molecule has 148 valence electrons. The largest absolute Gasteiger partial charge is 0.481 e. The molecule has 0 atom stereocenters. The van der Waals surface area contributed by atoms with Crippen LogP contribution in [0.4, 0.5) is 0 Å². The molecular weight excluding hydrogens is 368 g/mol. The van der Waals surface area contributed by atoms with Crippen molar-refractivity contribution >= 4 is 11.6 Å². The van der Waals surface area contributed by atoms with Gasteiger partial charge in [-0.25, -0.2) is 9.50 Å². The van der Waals surface area contributed by atoms with Crippen molar-refractivity contribution in [2.24, 2.45) is 0 Å². The first-order valence-corrected chi connectivity index (χ1v) is 9.12. The summed E-state index contributed by atoms with van der Waals surface area (Å²) in [6.45, 7) is 5.16. The highest BCUT2D eigenvalue weighted by atomic mass is 16.4. The van der Waals surface area contributed by atoms with Crippen molar-refractivity contribution in [3.05, 3.63) is 87.6 Å². The molecule has 0 unspecified atom stereocenters. The average molecular weight is 390 g/mol. The maximum atomic E-state index is 12.5. The van der Waals surface area contributed by atoms with Gasteiger partial charge in [-0.1, -0.05) is 24.3 Å². The smallest absolute Gasteiger partial charge is 0.300 e. The van der Waals surface area contributed by atoms with Crippen LogP contribution in [0.5, 0.6) is 0 Å². The van der Waals surface area contributed by atoms with Gasteiger partial charge in [0.25, 0.3) is 11.5 Å². The van der Waals surface area contributed by atoms with Gasteiger partial charge >= 0.3 is 0 Å². The van der Waals surface area contributed by atoms with E-state index < -0.39 is 5.97 Å². The number of hydrogen-bond acceptors (Lipinski definition) is 4. The quantitative estimate of drug-likeness (QED) is 0.558. The second kappa shape index (κ2) is 8.52. The number of benzene rings is 1. The van der Waals surface area contributed by atoms with Crippen LogP contribution in [0.3, 0.4) is 0 Å². The monoisotopic (exact) mass is 390 g/mol. The molecule has 0 aliphatic carbocycles. The molecule has 0 saturated carbocycles. The van der Waals surface area contributed by atoms with E-state index >= 15 is 0 Å². The van der Waals surface area contributed by atoms with E-state index in [9.17, 15) is 4.79 Å². The van der Waals surface area contributed by atoms with E-state index in [1.165, 1.54) is 15.6 Å². The summed E-state index contributed by atoms with van der Waals surface area (Å²) in [6.07, 6.45) is 4.14. The first-order valence-electron chi connectivity index (χ1n) is 9.12. The van der Waals surface area contributed by atoms with E-state index in [0.29, 0.717) is 11.3 Å². The molecular formula is C22H22N4O3. The van der Waals surface area contributed by atoms with Gasteiger partial charge in [-0.2, -0.15) is 0 Å². The minimum Gasteiger partial charge on any atom is -0.481 e. The molecule has 3 heterocycles. The zero-order chi connectivity index (χ0) is 21.0. The van der Waals surface area contributed by atoms with Crippen molar-refractivity contribution in [2.75, 3.05) is 0 Å². The van der Waals surface area contributed by atoms with Gasteiger partial charge < -0.3 is 5.11 Å². The molecule has 0 saturated heterocycles. The molecule has 29 heavy (non-hydrogen) atoms. The molecule has 0 radical (unpaired) electrons. The topological polar surface area (TPSA) is 100 Å². The number of pyridine rings is 1. The van der Waals surface area contributed by atoms with Gasteiger partial charge in [0, 0.05) is 48.6 Å². The Balaban J connectivity index is 0.000000552. The Labute approximate surface area is 167 Å². The number of carboxylic acids is 1. The van der Waals surface area contributed by atoms with Crippen LogP contribution in [-0.2, 0) is 11.2 Å². The standard InChI is InChI=1S/C20H18N4O.C2H4O2/c1-13-5-3-4-6-16(13)11-17-14(2)23-24-19(25)12-18(22-20(17)24)15-7-9-21-10-8-15;1-2(3)4/h3-10,12,23H,11H2,1-2H3;1H3,(H,3,4). The summed E-state index contributed by atoms with van der Waals surface area (Å²) < 4.78 is 1.52. The first kappa shape index (κ1) is 20.0. The third kappa shape index (κ3) is 4.57. The molecule has 0 bridgehead atoms. The molecule has 4 aromatic rings. The van der Waals surface area contributed by atoms with Gasteiger partial charge in [-0.15, -0.1) is 0 Å². The van der Waals surface area contributed by atoms with Crippen LogP contribution in [0, 0.1) is 13.8 Å². The molecule has 0 amide bonds. The summed E-state index contributed by atoms with van der Waals surface area (Å²) >= 11 is 0. The number of nitrogens with one attached hydrogen (secondary N) is 1. The Morgan fingerprint density at radius 2 is 1.79 bits per heavy atom. The highest BCUT2D eigenvalue weighted by Gasteiger charge is 2.14. The summed E-state index contributed by atoms with van der Waals surface area (Å²) in [4.78, 5) is 30.3. The third-order valence-electron chi connectivity index (χ3n) is 4.53. The number of hydrogen-bond donors (Lipinski definition) is 2. The number of aromatic nitrogens is 4. The Bertz CT molecular complexity index is 1210. The van der Waals surface area contributed by atoms with E-state index in [-0.39, 0.29) is 5.56 Å². The number of H-pyrrole nitrogens is 1. The highest BCUT2D eigenvalue weighted by Crippen LogP contribution is 2.22. The minimum absolute atomic E-state index is 0.115. The molecule has 0 aliphatic heterocycles. The van der Waals surface area contributed by atoms with E-state index in [1.54, 1.807) is 18.5 Å². The van der Waals surface area contributed by atoms with Crippen molar-refractivity contribution in [1.29, 1.82) is 0 Å². The average Bonchev–Trinajstić information content (AvgIpc) is 3.00. The van der Waals surface area contributed by atoms with Crippen LogP contribution in [0.2, 0.25) is 0 Å². The molecule has 3 aromatic heterocycles. The SMILES string of the molecule is CC(=O)O.Cc1ccccc1Cc1c(C)[nH]n2c(=O)cc(-c3ccncc3)nc12. The van der Waals surface area contributed by atoms with Gasteiger partial charge in [-0.05, 0) is 37.1 Å². The Morgan fingerprint density at radius 3 is 2.45 bits per heavy atom. The zero-order valence-electron chi connectivity index (χ0n) is 16.5. The van der Waals surface area contributed by atoms with Gasteiger partial charge in [0.05, 0.1) is 5.69 Å². The van der Waals surface area contributed by atoms with E-state index in [2.05, 4.69) is 29.1 Å². The van der Waals surface area contributed by atoms with Crippen LogP contribution in [-0.4, -0.2) is 30.7 Å². The number of rotatable bonds is 3. The Kier molecular flexibility index (Phi) is 5.87. The number of carbonyl (C=O) groups is 1. The number of fused-ring (bicyclic) bond motifs is 1. The fourth-order valence-electron chi connectivity index (χ4n) is 3.08. The first-order chi connectivity index (χ1) is 13.9. The number of carboxylic acid groups (broad SMARTS) is 1. The zero-order valence-corrected chi connectivity index (χ0v) is 16.5. The van der Waals surface area contributed by atoms with Gasteiger partial charge in [0.2, 0.25) is 0 Å². The van der Waals surface area contributed by atoms with Crippen LogP contribution < -0.4 is 5.56 Å². The normalized spacial score (nSPS) is 10.4. The molecule has 7 heteroatoms. The summed E-state index contributed by atoms with van der Waals surface area (Å²) in [5, 5.41) is 10.6. The summed E-state index contributed by atoms with van der Waals surface area (Å²) in [5.74, 6) is -0.833. The summed E-state index contributed by atoms with van der Waals surface area (Å²) in [7, 11) is 0. The van der Waals surface area contributed by atoms with Crippen LogP contribution in [0.15, 0.2) is 59.7 Å². The van der Waals surface area contributed by atoms with Gasteiger partial charge in [0.15, 0.2) is 5.65 Å². The van der Waals surface area contributed by atoms with Crippen LogP contribution in [0.1, 0.15) is 29.3 Å². The lowest BCUT2D eigenvalue weighted by molar-refractivity contribution is -0.134. The molecule has 4 rings (SSSR count). The number of aryl methyl sites for hydroxylation is 2. The molecule has 1 aromatic carbocycles. The van der Waals surface area contributed by atoms with Crippen molar-refractivity contribution < 1.29 is 9.90 Å². The number of aliphatic carboxylic acids is 1. The fraction of sp³-hybridized carbons (Fsp3) is 0.182. The second-order valence-electron chi connectivity index (χ2n) is 6.71. The van der Waals surface area contributed by atoms with Gasteiger partial charge in [0.1, 0.15) is 0 Å². The second-order valence-corrected chi connectivity index (χ2v) is 6.71. The van der Waals surface area contributed by atoms with Crippen molar-refractivity contribution in [3.63, 3.8) is 0 Å². The number of aromatic amines is 1. The Hall–Kier alpha value is -3.74. The van der Waals surface area contributed by atoms with Crippen molar-refractivity contribution in [3.8, 4) is 11.3 Å². The van der Waals surface area contributed by atoms with Crippen LogP contribution in [0.25, 0.3) is 16.9 Å². The predicted molar refractivity (Wildman–Crippen MR) is 111 cm³/mol. The van der Waals surface area contributed by atoms with Crippen LogP contribution >= 0.6 is 0 Å². The minimum atomic E-state index is -0.833. The molecule has 0 aliphatic rings. The maximum absolute atomic E-state index is 12.5. The lowest BCUT2D eigenvalue weighted by Gasteiger charge is -2.06.